The lowest BCUT2D eigenvalue weighted by molar-refractivity contribution is -0.138. The van der Waals surface area contributed by atoms with E-state index in [1.807, 2.05) is 6.92 Å². The van der Waals surface area contributed by atoms with Crippen molar-refractivity contribution in [3.05, 3.63) is 59.4 Å². The van der Waals surface area contributed by atoms with Gasteiger partial charge in [-0.05, 0) is 24.1 Å². The second-order valence-electron chi connectivity index (χ2n) is 4.72. The molecule has 4 heteroatoms. The minimum atomic E-state index is -1.09. The van der Waals surface area contributed by atoms with Crippen LogP contribution in [-0.4, -0.2) is 11.1 Å². The summed E-state index contributed by atoms with van der Waals surface area (Å²) in [5, 5.41) is 18.1. The molecule has 1 aromatic carbocycles. The van der Waals surface area contributed by atoms with E-state index in [0.717, 1.165) is 6.08 Å². The lowest BCUT2D eigenvalue weighted by atomic mass is 9.71. The number of rotatable bonds is 3. The zero-order chi connectivity index (χ0) is 14.8. The topological polar surface area (TPSA) is 61.1 Å². The van der Waals surface area contributed by atoms with Crippen molar-refractivity contribution in [2.24, 2.45) is 5.92 Å². The predicted octanol–water partition coefficient (Wildman–Crippen LogP) is 3.33. The Morgan fingerprint density at radius 3 is 2.75 bits per heavy atom. The molecule has 0 aliphatic heterocycles. The van der Waals surface area contributed by atoms with E-state index in [-0.39, 0.29) is 0 Å². The van der Waals surface area contributed by atoms with Gasteiger partial charge in [0.2, 0.25) is 0 Å². The Hall–Kier alpha value is -2.41. The second kappa shape index (κ2) is 5.30. The number of allylic oxidation sites excluding steroid dienone is 2. The Balaban J connectivity index is 2.58. The van der Waals surface area contributed by atoms with E-state index >= 15 is 0 Å². The van der Waals surface area contributed by atoms with E-state index in [1.54, 1.807) is 30.3 Å². The molecule has 1 aliphatic rings. The highest BCUT2D eigenvalue weighted by Crippen LogP contribution is 2.42. The van der Waals surface area contributed by atoms with Crippen LogP contribution in [0, 0.1) is 17.2 Å². The highest BCUT2D eigenvalue weighted by Gasteiger charge is 2.38. The molecule has 0 spiro atoms. The molecule has 0 aromatic heterocycles. The Morgan fingerprint density at radius 1 is 1.50 bits per heavy atom. The number of hydrogen-bond acceptors (Lipinski definition) is 2. The maximum Gasteiger partial charge on any atom is 0.314 e. The van der Waals surface area contributed by atoms with E-state index < -0.39 is 23.1 Å². The number of carboxylic acid groups (broad SMARTS) is 1. The van der Waals surface area contributed by atoms with Crippen molar-refractivity contribution in [2.75, 3.05) is 0 Å². The van der Waals surface area contributed by atoms with Crippen molar-refractivity contribution in [2.45, 2.75) is 18.8 Å². The molecule has 2 unspecified atom stereocenters. The van der Waals surface area contributed by atoms with Crippen molar-refractivity contribution < 1.29 is 14.3 Å². The average Bonchev–Trinajstić information content (AvgIpc) is 2.47. The second-order valence-corrected chi connectivity index (χ2v) is 4.72. The summed E-state index contributed by atoms with van der Waals surface area (Å²) in [5.41, 5.74) is -0.0756. The van der Waals surface area contributed by atoms with Gasteiger partial charge in [-0.15, -0.1) is 0 Å². The van der Waals surface area contributed by atoms with Crippen LogP contribution in [0.1, 0.15) is 24.5 Å². The van der Waals surface area contributed by atoms with Gasteiger partial charge >= 0.3 is 5.97 Å². The molecule has 2 atom stereocenters. The maximum absolute atomic E-state index is 14.6. The van der Waals surface area contributed by atoms with Gasteiger partial charge < -0.3 is 5.11 Å². The first-order valence-corrected chi connectivity index (χ1v) is 6.34. The fourth-order valence-corrected chi connectivity index (χ4v) is 2.53. The number of carboxylic acids is 1. The first kappa shape index (κ1) is 14.0. The molecule has 3 nitrogen and oxygen atoms in total. The molecule has 1 aliphatic carbocycles. The summed E-state index contributed by atoms with van der Waals surface area (Å²) in [5.74, 6) is -2.56. The van der Waals surface area contributed by atoms with E-state index in [4.69, 9.17) is 5.11 Å². The highest BCUT2D eigenvalue weighted by atomic mass is 19.1. The fourth-order valence-electron chi connectivity index (χ4n) is 2.53. The van der Waals surface area contributed by atoms with Gasteiger partial charge in [0.05, 0.1) is 23.0 Å². The van der Waals surface area contributed by atoms with E-state index in [0.29, 0.717) is 17.5 Å². The van der Waals surface area contributed by atoms with Crippen molar-refractivity contribution in [1.82, 2.24) is 0 Å². The van der Waals surface area contributed by atoms with Gasteiger partial charge in [0.25, 0.3) is 0 Å². The first-order chi connectivity index (χ1) is 9.55. The molecule has 0 radical (unpaired) electrons. The maximum atomic E-state index is 14.6. The molecule has 1 N–H and O–H groups in total. The molecule has 2 rings (SSSR count). The molecule has 0 heterocycles. The van der Waals surface area contributed by atoms with Crippen LogP contribution in [0.4, 0.5) is 4.39 Å². The summed E-state index contributed by atoms with van der Waals surface area (Å²) in [6.45, 7) is 1.81. The van der Waals surface area contributed by atoms with Gasteiger partial charge in [-0.25, -0.2) is 4.39 Å². The van der Waals surface area contributed by atoms with Gasteiger partial charge in [0, 0.05) is 0 Å². The third-order valence-electron chi connectivity index (χ3n) is 3.71. The Bertz CT molecular complexity index is 642. The van der Waals surface area contributed by atoms with E-state index in [9.17, 15) is 14.4 Å². The van der Waals surface area contributed by atoms with Crippen LogP contribution in [0.5, 0.6) is 0 Å². The highest BCUT2D eigenvalue weighted by molar-refractivity contribution is 5.75. The average molecular weight is 271 g/mol. The van der Waals surface area contributed by atoms with Crippen molar-refractivity contribution in [1.29, 1.82) is 5.26 Å². The van der Waals surface area contributed by atoms with Gasteiger partial charge in [-0.3, -0.25) is 4.79 Å². The molecule has 0 saturated heterocycles. The zero-order valence-electron chi connectivity index (χ0n) is 11.0. The van der Waals surface area contributed by atoms with Crippen LogP contribution >= 0.6 is 0 Å². The minimum absolute atomic E-state index is 0.399. The van der Waals surface area contributed by atoms with Crippen molar-refractivity contribution >= 4 is 5.97 Å². The van der Waals surface area contributed by atoms with Gasteiger partial charge in [-0.2, -0.15) is 5.26 Å². The lowest BCUT2D eigenvalue weighted by Crippen LogP contribution is -2.29. The SMILES string of the molecule is CCC1(c2ccccc2C#N)C=CC(C(=O)O)C=C1F. The largest absolute Gasteiger partial charge is 0.481 e. The van der Waals surface area contributed by atoms with Crippen molar-refractivity contribution in [3.63, 3.8) is 0 Å². The van der Waals surface area contributed by atoms with Crippen LogP contribution < -0.4 is 0 Å². The van der Waals surface area contributed by atoms with Crippen LogP contribution in [0.15, 0.2) is 48.3 Å². The summed E-state index contributed by atoms with van der Waals surface area (Å²) >= 11 is 0. The summed E-state index contributed by atoms with van der Waals surface area (Å²) < 4.78 is 14.6. The quantitative estimate of drug-likeness (QED) is 0.858. The van der Waals surface area contributed by atoms with Crippen LogP contribution in [0.2, 0.25) is 0 Å². The number of benzene rings is 1. The molecule has 0 amide bonds. The van der Waals surface area contributed by atoms with Gasteiger partial charge in [0.1, 0.15) is 5.83 Å². The van der Waals surface area contributed by atoms with Crippen molar-refractivity contribution in [3.8, 4) is 6.07 Å². The molecule has 20 heavy (non-hydrogen) atoms. The number of nitrogens with zero attached hydrogens (tertiary/aromatic N) is 1. The number of hydrogen-bond donors (Lipinski definition) is 1. The molecule has 0 fully saturated rings. The molecule has 0 bridgehead atoms. The monoisotopic (exact) mass is 271 g/mol. The molecular formula is C16H14FNO2. The number of nitriles is 1. The van der Waals surface area contributed by atoms with E-state index in [1.165, 1.54) is 6.08 Å². The van der Waals surface area contributed by atoms with Crippen LogP contribution in [-0.2, 0) is 10.2 Å². The smallest absolute Gasteiger partial charge is 0.314 e. The molecule has 102 valence electrons. The summed E-state index contributed by atoms with van der Waals surface area (Å²) in [7, 11) is 0. The normalized spacial score (nSPS) is 24.9. The Morgan fingerprint density at radius 2 is 2.20 bits per heavy atom. The minimum Gasteiger partial charge on any atom is -0.481 e. The summed E-state index contributed by atoms with van der Waals surface area (Å²) in [4.78, 5) is 10.9. The lowest BCUT2D eigenvalue weighted by Gasteiger charge is -2.32. The van der Waals surface area contributed by atoms with Crippen LogP contribution in [0.25, 0.3) is 0 Å². The molecular weight excluding hydrogens is 257 g/mol. The predicted molar refractivity (Wildman–Crippen MR) is 72.6 cm³/mol. The number of aliphatic carboxylic acids is 1. The number of carbonyl (C=O) groups is 1. The third-order valence-corrected chi connectivity index (χ3v) is 3.71. The summed E-state index contributed by atoms with van der Waals surface area (Å²) in [6, 6.07) is 8.88. The third kappa shape index (κ3) is 2.12. The fraction of sp³-hybridized carbons (Fsp3) is 0.250. The molecule has 1 aromatic rings. The van der Waals surface area contributed by atoms with Gasteiger partial charge in [-0.1, -0.05) is 37.3 Å². The Kier molecular flexibility index (Phi) is 3.71. The van der Waals surface area contributed by atoms with Gasteiger partial charge in [0.15, 0.2) is 0 Å². The van der Waals surface area contributed by atoms with E-state index in [2.05, 4.69) is 6.07 Å². The summed E-state index contributed by atoms with van der Waals surface area (Å²) in [6.07, 6.45) is 4.57. The standard InChI is InChI=1S/C16H14FNO2/c1-2-16(13-6-4-3-5-12(13)10-18)8-7-11(15(19)20)9-14(16)17/h3-9,11H,2H2,1H3,(H,19,20). The molecule has 0 saturated carbocycles. The Labute approximate surface area is 116 Å². The van der Waals surface area contributed by atoms with Crippen LogP contribution in [0.3, 0.4) is 0 Å². The first-order valence-electron chi connectivity index (χ1n) is 6.34. The zero-order valence-corrected chi connectivity index (χ0v) is 11.0. The number of halogens is 1.